The van der Waals surface area contributed by atoms with E-state index in [1.807, 2.05) is 0 Å². The molecule has 4 amide bonds. The number of nitrogens with one attached hydrogen (secondary N) is 2. The maximum Gasteiger partial charge on any atom is 0.325 e. The van der Waals surface area contributed by atoms with Crippen LogP contribution in [-0.2, 0) is 14.4 Å². The Hall–Kier alpha value is -2.12. The van der Waals surface area contributed by atoms with Gasteiger partial charge in [0.2, 0.25) is 5.91 Å². The summed E-state index contributed by atoms with van der Waals surface area (Å²) in [5.74, 6) is -2.46. The predicted molar refractivity (Wildman–Crippen MR) is 68.8 cm³/mol. The average molecular weight is 285 g/mol. The van der Waals surface area contributed by atoms with Gasteiger partial charge in [0, 0.05) is 6.54 Å². The van der Waals surface area contributed by atoms with Crippen molar-refractivity contribution in [2.45, 2.75) is 32.7 Å². The van der Waals surface area contributed by atoms with Gasteiger partial charge in [-0.1, -0.05) is 6.92 Å². The molecule has 112 valence electrons. The van der Waals surface area contributed by atoms with Crippen LogP contribution in [0.25, 0.3) is 0 Å². The molecule has 1 fully saturated rings. The van der Waals surface area contributed by atoms with E-state index in [-0.39, 0.29) is 19.5 Å². The van der Waals surface area contributed by atoms with Crippen molar-refractivity contribution in [2.24, 2.45) is 5.92 Å². The molecule has 0 bridgehead atoms. The molecule has 0 aromatic rings. The van der Waals surface area contributed by atoms with Gasteiger partial charge < -0.3 is 15.7 Å². The van der Waals surface area contributed by atoms with Crippen LogP contribution in [0.15, 0.2) is 0 Å². The second-order valence-electron chi connectivity index (χ2n) is 5.32. The molecule has 1 rings (SSSR count). The molecule has 1 aliphatic heterocycles. The van der Waals surface area contributed by atoms with Crippen molar-refractivity contribution < 1.29 is 24.3 Å². The van der Waals surface area contributed by atoms with Crippen LogP contribution in [-0.4, -0.2) is 52.4 Å². The molecule has 8 heteroatoms. The molecule has 3 N–H and O–H groups in total. The Bertz CT molecular complexity index is 446. The molecule has 8 nitrogen and oxygen atoms in total. The molecular weight excluding hydrogens is 266 g/mol. The van der Waals surface area contributed by atoms with Crippen molar-refractivity contribution >= 4 is 23.8 Å². The fourth-order valence-corrected chi connectivity index (χ4v) is 1.71. The van der Waals surface area contributed by atoms with E-state index < -0.39 is 35.3 Å². The Morgan fingerprint density at radius 1 is 1.40 bits per heavy atom. The summed E-state index contributed by atoms with van der Waals surface area (Å²) in [5, 5.41) is 13.6. The number of nitrogens with zero attached hydrogens (tertiary/aromatic N) is 1. The normalized spacial score (nSPS) is 18.6. The van der Waals surface area contributed by atoms with Crippen LogP contribution in [0.2, 0.25) is 0 Å². The monoisotopic (exact) mass is 285 g/mol. The molecule has 0 aliphatic carbocycles. The van der Waals surface area contributed by atoms with E-state index in [1.165, 1.54) is 6.92 Å². The van der Waals surface area contributed by atoms with Gasteiger partial charge in [0.15, 0.2) is 0 Å². The van der Waals surface area contributed by atoms with Gasteiger partial charge in [-0.15, -0.1) is 0 Å². The quantitative estimate of drug-likeness (QED) is 0.571. The zero-order valence-corrected chi connectivity index (χ0v) is 11.7. The van der Waals surface area contributed by atoms with Crippen molar-refractivity contribution in [3.8, 4) is 0 Å². The highest BCUT2D eigenvalue weighted by molar-refractivity contribution is 6.08. The van der Waals surface area contributed by atoms with Crippen molar-refractivity contribution in [3.05, 3.63) is 0 Å². The lowest BCUT2D eigenvalue weighted by Gasteiger charge is -2.15. The number of aliphatic carboxylic acids is 1. The molecule has 1 heterocycles. The lowest BCUT2D eigenvalue weighted by molar-refractivity contribution is -0.141. The lowest BCUT2D eigenvalue weighted by atomic mass is 10.1. The Morgan fingerprint density at radius 2 is 2.00 bits per heavy atom. The summed E-state index contributed by atoms with van der Waals surface area (Å²) in [7, 11) is 0. The third kappa shape index (κ3) is 3.69. The number of urea groups is 1. The summed E-state index contributed by atoms with van der Waals surface area (Å²) in [5.41, 5.74) is -1.00. The van der Waals surface area contributed by atoms with E-state index in [9.17, 15) is 19.2 Å². The van der Waals surface area contributed by atoms with E-state index in [2.05, 4.69) is 10.6 Å². The van der Waals surface area contributed by atoms with Crippen molar-refractivity contribution in [1.29, 1.82) is 0 Å². The van der Waals surface area contributed by atoms with Crippen LogP contribution in [0.3, 0.4) is 0 Å². The molecule has 1 saturated heterocycles. The van der Waals surface area contributed by atoms with Crippen LogP contribution in [0.5, 0.6) is 0 Å². The molecule has 0 saturated carbocycles. The SMILES string of the molecule is CC(CCNC(=O)CN1C(=O)NC(C)(C)C1=O)C(=O)O. The predicted octanol–water partition coefficient (Wildman–Crippen LogP) is -0.456. The van der Waals surface area contributed by atoms with E-state index in [1.54, 1.807) is 13.8 Å². The largest absolute Gasteiger partial charge is 0.481 e. The number of carboxylic acid groups (broad SMARTS) is 1. The smallest absolute Gasteiger partial charge is 0.325 e. The Morgan fingerprint density at radius 3 is 2.45 bits per heavy atom. The average Bonchev–Trinajstić information content (AvgIpc) is 2.51. The zero-order valence-electron chi connectivity index (χ0n) is 11.7. The van der Waals surface area contributed by atoms with Crippen LogP contribution in [0.1, 0.15) is 27.2 Å². The molecule has 1 aliphatic rings. The van der Waals surface area contributed by atoms with Gasteiger partial charge in [-0.25, -0.2) is 4.79 Å². The molecule has 0 radical (unpaired) electrons. The minimum absolute atomic E-state index is 0.180. The fourth-order valence-electron chi connectivity index (χ4n) is 1.71. The van der Waals surface area contributed by atoms with E-state index >= 15 is 0 Å². The number of imide groups is 1. The third-order valence-electron chi connectivity index (χ3n) is 3.07. The summed E-state index contributed by atoms with van der Waals surface area (Å²) in [6.07, 6.45) is 0.284. The highest BCUT2D eigenvalue weighted by atomic mass is 16.4. The Labute approximate surface area is 116 Å². The summed E-state index contributed by atoms with van der Waals surface area (Å²) in [6.45, 7) is 4.46. The van der Waals surface area contributed by atoms with Crippen molar-refractivity contribution in [1.82, 2.24) is 15.5 Å². The molecule has 0 aromatic heterocycles. The minimum Gasteiger partial charge on any atom is -0.481 e. The summed E-state index contributed by atoms with van der Waals surface area (Å²) >= 11 is 0. The van der Waals surface area contributed by atoms with Gasteiger partial charge in [-0.05, 0) is 20.3 Å². The molecule has 20 heavy (non-hydrogen) atoms. The van der Waals surface area contributed by atoms with Gasteiger partial charge in [-0.2, -0.15) is 0 Å². The van der Waals surface area contributed by atoms with Gasteiger partial charge >= 0.3 is 12.0 Å². The van der Waals surface area contributed by atoms with Crippen LogP contribution < -0.4 is 10.6 Å². The number of hydrogen-bond donors (Lipinski definition) is 3. The van der Waals surface area contributed by atoms with Gasteiger partial charge in [0.25, 0.3) is 5.91 Å². The second-order valence-corrected chi connectivity index (χ2v) is 5.32. The number of carboxylic acids is 1. The first-order chi connectivity index (χ1) is 9.15. The number of amides is 4. The van der Waals surface area contributed by atoms with E-state index in [4.69, 9.17) is 5.11 Å². The highest BCUT2D eigenvalue weighted by Gasteiger charge is 2.44. The maximum atomic E-state index is 11.8. The van der Waals surface area contributed by atoms with Gasteiger partial charge in [-0.3, -0.25) is 19.3 Å². The van der Waals surface area contributed by atoms with Crippen molar-refractivity contribution in [3.63, 3.8) is 0 Å². The maximum absolute atomic E-state index is 11.8. The highest BCUT2D eigenvalue weighted by Crippen LogP contribution is 2.15. The number of carbonyl (C=O) groups is 4. The fraction of sp³-hybridized carbons (Fsp3) is 0.667. The number of hydrogen-bond acceptors (Lipinski definition) is 4. The summed E-state index contributed by atoms with van der Waals surface area (Å²) in [4.78, 5) is 46.4. The van der Waals surface area contributed by atoms with Crippen LogP contribution in [0.4, 0.5) is 4.79 Å². The molecular formula is C12H19N3O5. The first kappa shape index (κ1) is 15.9. The van der Waals surface area contributed by atoms with Crippen molar-refractivity contribution in [2.75, 3.05) is 13.1 Å². The van der Waals surface area contributed by atoms with Gasteiger partial charge in [0.05, 0.1) is 5.92 Å². The Kier molecular flexibility index (Phi) is 4.69. The minimum atomic E-state index is -1.00. The Balaban J connectivity index is 2.42. The van der Waals surface area contributed by atoms with E-state index in [0.717, 1.165) is 4.90 Å². The first-order valence-electron chi connectivity index (χ1n) is 6.28. The van der Waals surface area contributed by atoms with Crippen LogP contribution in [0, 0.1) is 5.92 Å². The van der Waals surface area contributed by atoms with Gasteiger partial charge in [0.1, 0.15) is 12.1 Å². The molecule has 0 spiro atoms. The summed E-state index contributed by atoms with van der Waals surface area (Å²) < 4.78 is 0. The lowest BCUT2D eigenvalue weighted by Crippen LogP contribution is -2.43. The third-order valence-corrected chi connectivity index (χ3v) is 3.07. The topological polar surface area (TPSA) is 116 Å². The number of rotatable bonds is 6. The zero-order chi connectivity index (χ0) is 15.5. The van der Waals surface area contributed by atoms with E-state index in [0.29, 0.717) is 0 Å². The standard InChI is InChI=1S/C12H19N3O5/c1-7(9(17)18)4-5-13-8(16)6-15-10(19)12(2,3)14-11(15)20/h7H,4-6H2,1-3H3,(H,13,16)(H,14,20)(H,17,18). The summed E-state index contributed by atoms with van der Waals surface area (Å²) in [6, 6.07) is -0.603. The van der Waals surface area contributed by atoms with Crippen LogP contribution >= 0.6 is 0 Å². The second kappa shape index (κ2) is 5.89. The first-order valence-corrected chi connectivity index (χ1v) is 6.28. The number of carbonyl (C=O) groups excluding carboxylic acids is 3. The molecule has 1 unspecified atom stereocenters. The molecule has 1 atom stereocenters. The molecule has 0 aromatic carbocycles.